The smallest absolute Gasteiger partial charge is 0.333 e. The molecule has 1 aromatic heterocycles. The Morgan fingerprint density at radius 2 is 1.85 bits per heavy atom. The number of carboxylic acids is 1. The molecule has 1 heterocycles. The molecular formula is C19H22FNO5. The van der Waals surface area contributed by atoms with Crippen molar-refractivity contribution in [3.63, 3.8) is 0 Å². The largest absolute Gasteiger partial charge is 0.490 e. The van der Waals surface area contributed by atoms with Crippen molar-refractivity contribution in [1.29, 1.82) is 0 Å². The molecule has 1 atom stereocenters. The normalized spacial score (nSPS) is 12.0. The van der Waals surface area contributed by atoms with E-state index in [2.05, 4.69) is 4.98 Å². The summed E-state index contributed by atoms with van der Waals surface area (Å²) < 4.78 is 29.2. The number of hydrogen-bond acceptors (Lipinski definition) is 5. The number of halogens is 1. The molecule has 0 aliphatic heterocycles. The van der Waals surface area contributed by atoms with E-state index >= 15 is 0 Å². The van der Waals surface area contributed by atoms with Crippen LogP contribution in [0.1, 0.15) is 19.4 Å². The first-order chi connectivity index (χ1) is 12.4. The van der Waals surface area contributed by atoms with Gasteiger partial charge >= 0.3 is 5.97 Å². The van der Waals surface area contributed by atoms with Crippen LogP contribution < -0.4 is 9.47 Å². The number of aliphatic carboxylic acids is 1. The summed E-state index contributed by atoms with van der Waals surface area (Å²) in [6, 6.07) is 9.11. The van der Waals surface area contributed by atoms with Crippen molar-refractivity contribution in [3.8, 4) is 11.6 Å². The SMILES string of the molecule is CC(C)OC(Cc1ccnc(OCCOc2ccc(F)cc2)c1)C(=O)O. The average Bonchev–Trinajstić information content (AvgIpc) is 2.59. The van der Waals surface area contributed by atoms with Crippen LogP contribution in [0.2, 0.25) is 0 Å². The monoisotopic (exact) mass is 363 g/mol. The molecule has 1 unspecified atom stereocenters. The predicted octanol–water partition coefficient (Wildman–Crippen LogP) is 3.10. The number of nitrogens with zero attached hydrogens (tertiary/aromatic N) is 1. The molecule has 0 saturated heterocycles. The summed E-state index contributed by atoms with van der Waals surface area (Å²) in [5.74, 6) is -0.410. The molecule has 0 aliphatic rings. The van der Waals surface area contributed by atoms with Gasteiger partial charge in [0.15, 0.2) is 6.10 Å². The summed E-state index contributed by atoms with van der Waals surface area (Å²) in [6.45, 7) is 4.10. The summed E-state index contributed by atoms with van der Waals surface area (Å²) in [6.07, 6.45) is 0.669. The number of hydrogen-bond donors (Lipinski definition) is 1. The van der Waals surface area contributed by atoms with Crippen molar-refractivity contribution in [2.24, 2.45) is 0 Å². The first-order valence-electron chi connectivity index (χ1n) is 8.28. The number of ether oxygens (including phenoxy) is 3. The molecule has 0 fully saturated rings. The fourth-order valence-electron chi connectivity index (χ4n) is 2.23. The fourth-order valence-corrected chi connectivity index (χ4v) is 2.23. The molecule has 7 heteroatoms. The van der Waals surface area contributed by atoms with Crippen molar-refractivity contribution < 1.29 is 28.5 Å². The van der Waals surface area contributed by atoms with Crippen LogP contribution in [-0.2, 0) is 16.0 Å². The number of aromatic nitrogens is 1. The molecular weight excluding hydrogens is 341 g/mol. The first-order valence-corrected chi connectivity index (χ1v) is 8.28. The Bertz CT molecular complexity index is 705. The number of carboxylic acid groups (broad SMARTS) is 1. The zero-order valence-electron chi connectivity index (χ0n) is 14.7. The van der Waals surface area contributed by atoms with E-state index in [0.29, 0.717) is 11.6 Å². The van der Waals surface area contributed by atoms with Gasteiger partial charge in [0.1, 0.15) is 24.8 Å². The van der Waals surface area contributed by atoms with Gasteiger partial charge in [-0.25, -0.2) is 14.2 Å². The van der Waals surface area contributed by atoms with E-state index in [0.717, 1.165) is 5.56 Å². The zero-order valence-corrected chi connectivity index (χ0v) is 14.7. The van der Waals surface area contributed by atoms with Crippen LogP contribution in [0, 0.1) is 5.82 Å². The number of rotatable bonds is 10. The Morgan fingerprint density at radius 1 is 1.15 bits per heavy atom. The van der Waals surface area contributed by atoms with Crippen LogP contribution in [0.3, 0.4) is 0 Å². The van der Waals surface area contributed by atoms with Gasteiger partial charge in [-0.1, -0.05) is 0 Å². The van der Waals surface area contributed by atoms with Crippen LogP contribution in [0.25, 0.3) is 0 Å². The lowest BCUT2D eigenvalue weighted by atomic mass is 10.1. The van der Waals surface area contributed by atoms with E-state index in [9.17, 15) is 14.3 Å². The minimum absolute atomic E-state index is 0.183. The van der Waals surface area contributed by atoms with E-state index in [4.69, 9.17) is 14.2 Å². The minimum Gasteiger partial charge on any atom is -0.490 e. The van der Waals surface area contributed by atoms with Crippen molar-refractivity contribution in [2.45, 2.75) is 32.5 Å². The highest BCUT2D eigenvalue weighted by Gasteiger charge is 2.20. The molecule has 2 rings (SSSR count). The molecule has 0 amide bonds. The summed E-state index contributed by atoms with van der Waals surface area (Å²) >= 11 is 0. The fraction of sp³-hybridized carbons (Fsp3) is 0.368. The maximum Gasteiger partial charge on any atom is 0.333 e. The van der Waals surface area contributed by atoms with Crippen molar-refractivity contribution >= 4 is 5.97 Å². The van der Waals surface area contributed by atoms with Gasteiger partial charge in [-0.3, -0.25) is 0 Å². The highest BCUT2D eigenvalue weighted by molar-refractivity contribution is 5.72. The average molecular weight is 363 g/mol. The Labute approximate surface area is 151 Å². The third-order valence-electron chi connectivity index (χ3n) is 3.35. The number of carbonyl (C=O) groups is 1. The lowest BCUT2D eigenvalue weighted by Crippen LogP contribution is -2.29. The molecule has 1 N–H and O–H groups in total. The second-order valence-electron chi connectivity index (χ2n) is 5.87. The zero-order chi connectivity index (χ0) is 18.9. The van der Waals surface area contributed by atoms with Crippen molar-refractivity contribution in [2.75, 3.05) is 13.2 Å². The van der Waals surface area contributed by atoms with Gasteiger partial charge in [-0.05, 0) is 49.7 Å². The Kier molecular flexibility index (Phi) is 7.35. The van der Waals surface area contributed by atoms with Gasteiger partial charge in [0.05, 0.1) is 6.10 Å². The van der Waals surface area contributed by atoms with E-state index < -0.39 is 12.1 Å². The summed E-state index contributed by atoms with van der Waals surface area (Å²) in [5, 5.41) is 9.24. The second kappa shape index (κ2) is 9.72. The maximum absolute atomic E-state index is 12.8. The molecule has 2 aromatic rings. The highest BCUT2D eigenvalue weighted by Crippen LogP contribution is 2.14. The second-order valence-corrected chi connectivity index (χ2v) is 5.87. The Morgan fingerprint density at radius 3 is 2.50 bits per heavy atom. The molecule has 0 radical (unpaired) electrons. The molecule has 1 aromatic carbocycles. The summed E-state index contributed by atoms with van der Waals surface area (Å²) in [7, 11) is 0. The minimum atomic E-state index is -1.01. The summed E-state index contributed by atoms with van der Waals surface area (Å²) in [4.78, 5) is 15.4. The topological polar surface area (TPSA) is 77.9 Å². The van der Waals surface area contributed by atoms with Gasteiger partial charge in [0, 0.05) is 18.7 Å². The maximum atomic E-state index is 12.8. The van der Waals surface area contributed by atoms with Crippen LogP contribution in [-0.4, -0.2) is 41.5 Å². The number of benzene rings is 1. The standard InChI is InChI=1S/C19H22FNO5/c1-13(2)26-17(19(22)23)11-14-7-8-21-18(12-14)25-10-9-24-16-5-3-15(20)4-6-16/h3-8,12-13,17H,9-11H2,1-2H3,(H,22,23). The molecule has 0 aliphatic carbocycles. The van der Waals surface area contributed by atoms with Crippen molar-refractivity contribution in [1.82, 2.24) is 4.98 Å². The van der Waals surface area contributed by atoms with Gasteiger partial charge in [0.2, 0.25) is 5.88 Å². The summed E-state index contributed by atoms with van der Waals surface area (Å²) in [5.41, 5.74) is 0.752. The molecule has 0 bridgehead atoms. The lowest BCUT2D eigenvalue weighted by molar-refractivity contribution is -0.153. The van der Waals surface area contributed by atoms with Gasteiger partial charge in [-0.15, -0.1) is 0 Å². The van der Waals surface area contributed by atoms with Crippen LogP contribution in [0.15, 0.2) is 42.6 Å². The van der Waals surface area contributed by atoms with E-state index in [1.165, 1.54) is 24.3 Å². The van der Waals surface area contributed by atoms with E-state index in [1.807, 2.05) is 0 Å². The van der Waals surface area contributed by atoms with Crippen LogP contribution >= 0.6 is 0 Å². The quantitative estimate of drug-likeness (QED) is 0.654. The van der Waals surface area contributed by atoms with Gasteiger partial charge in [-0.2, -0.15) is 0 Å². The predicted molar refractivity (Wildman–Crippen MR) is 93.0 cm³/mol. The highest BCUT2D eigenvalue weighted by atomic mass is 19.1. The molecule has 26 heavy (non-hydrogen) atoms. The van der Waals surface area contributed by atoms with Gasteiger partial charge in [0.25, 0.3) is 0 Å². The Balaban J connectivity index is 1.84. The van der Waals surface area contributed by atoms with Crippen molar-refractivity contribution in [3.05, 3.63) is 54.0 Å². The molecule has 0 saturated carbocycles. The van der Waals surface area contributed by atoms with Gasteiger partial charge < -0.3 is 19.3 Å². The third kappa shape index (κ3) is 6.68. The first kappa shape index (κ1) is 19.7. The van der Waals surface area contributed by atoms with E-state index in [-0.39, 0.29) is 31.6 Å². The van der Waals surface area contributed by atoms with Crippen LogP contribution in [0.5, 0.6) is 11.6 Å². The molecule has 140 valence electrons. The Hall–Kier alpha value is -2.67. The lowest BCUT2D eigenvalue weighted by Gasteiger charge is -2.16. The number of pyridine rings is 1. The third-order valence-corrected chi connectivity index (χ3v) is 3.35. The van der Waals surface area contributed by atoms with E-state index in [1.54, 1.807) is 32.2 Å². The van der Waals surface area contributed by atoms with Crippen LogP contribution in [0.4, 0.5) is 4.39 Å². The molecule has 6 nitrogen and oxygen atoms in total. The molecule has 0 spiro atoms.